The van der Waals surface area contributed by atoms with Crippen LogP contribution in [0.1, 0.15) is 23.7 Å². The summed E-state index contributed by atoms with van der Waals surface area (Å²) in [6, 6.07) is 6.68. The molecule has 1 aromatic carbocycles. The van der Waals surface area contributed by atoms with E-state index in [2.05, 4.69) is 16.9 Å². The summed E-state index contributed by atoms with van der Waals surface area (Å²) in [5.41, 5.74) is 2.93. The molecule has 228 valence electrons. The number of ether oxygens (including phenoxy) is 5. The predicted octanol–water partition coefficient (Wildman–Crippen LogP) is -0.0655. The Morgan fingerprint density at radius 1 is 1.10 bits per heavy atom. The highest BCUT2D eigenvalue weighted by Crippen LogP contribution is 2.42. The van der Waals surface area contributed by atoms with Crippen LogP contribution in [0.15, 0.2) is 48.8 Å². The average Bonchev–Trinajstić information content (AvgIpc) is 3.39. The van der Waals surface area contributed by atoms with Crippen molar-refractivity contribution in [3.05, 3.63) is 60.0 Å². The Balaban J connectivity index is 1.48. The predicted molar refractivity (Wildman–Crippen MR) is 145 cm³/mol. The van der Waals surface area contributed by atoms with Crippen LogP contribution in [0.5, 0.6) is 0 Å². The van der Waals surface area contributed by atoms with Crippen molar-refractivity contribution in [2.75, 3.05) is 20.8 Å². The second-order valence-electron chi connectivity index (χ2n) is 10.6. The first-order chi connectivity index (χ1) is 20.2. The molecular weight excluding hydrogens is 552 g/mol. The van der Waals surface area contributed by atoms with Gasteiger partial charge in [-0.05, 0) is 18.1 Å². The van der Waals surface area contributed by atoms with Crippen molar-refractivity contribution in [1.29, 1.82) is 0 Å². The third-order valence-electron chi connectivity index (χ3n) is 8.30. The van der Waals surface area contributed by atoms with E-state index in [1.54, 1.807) is 6.08 Å². The van der Waals surface area contributed by atoms with Crippen LogP contribution in [-0.4, -0.2) is 101 Å². The number of aromatic amines is 1. The molecule has 42 heavy (non-hydrogen) atoms. The number of benzene rings is 1. The molecule has 0 unspecified atom stereocenters. The summed E-state index contributed by atoms with van der Waals surface area (Å²) in [6.07, 6.45) is -5.23. The van der Waals surface area contributed by atoms with Gasteiger partial charge >= 0.3 is 11.9 Å². The van der Waals surface area contributed by atoms with Crippen LogP contribution in [0, 0.1) is 11.8 Å². The summed E-state index contributed by atoms with van der Waals surface area (Å²) in [5.74, 6) is -2.37. The van der Waals surface area contributed by atoms with E-state index in [-0.39, 0.29) is 12.0 Å². The first-order valence-corrected chi connectivity index (χ1v) is 13.7. The largest absolute Gasteiger partial charge is 0.471 e. The molecule has 0 spiro atoms. The number of esters is 2. The van der Waals surface area contributed by atoms with Gasteiger partial charge < -0.3 is 49.1 Å². The normalized spacial score (nSPS) is 34.6. The summed E-state index contributed by atoms with van der Waals surface area (Å²) in [4.78, 5) is 29.0. The maximum Gasteiger partial charge on any atom is 0.337 e. The summed E-state index contributed by atoms with van der Waals surface area (Å²) in [7, 11) is 2.58. The number of carbonyl (C=O) groups is 2. The van der Waals surface area contributed by atoms with E-state index >= 15 is 0 Å². The van der Waals surface area contributed by atoms with E-state index in [1.165, 1.54) is 20.5 Å². The van der Waals surface area contributed by atoms with E-state index in [0.717, 1.165) is 22.2 Å². The molecule has 1 fully saturated rings. The molecule has 0 bridgehead atoms. The monoisotopic (exact) mass is 588 g/mol. The van der Waals surface area contributed by atoms with E-state index in [0.29, 0.717) is 6.42 Å². The molecule has 4 heterocycles. The maximum atomic E-state index is 12.9. The second-order valence-corrected chi connectivity index (χ2v) is 10.6. The van der Waals surface area contributed by atoms with Crippen LogP contribution in [0.2, 0.25) is 0 Å². The first kappa shape index (κ1) is 30.2. The number of nitrogens with one attached hydrogen (secondary N) is 2. The van der Waals surface area contributed by atoms with Crippen LogP contribution in [0.4, 0.5) is 0 Å². The molecule has 3 aliphatic rings. The molecule has 0 aliphatic carbocycles. The number of aromatic nitrogens is 1. The van der Waals surface area contributed by atoms with Crippen molar-refractivity contribution >= 4 is 22.8 Å². The Labute approximate surface area is 241 Å². The number of hydrogen-bond donors (Lipinski definition) is 6. The van der Waals surface area contributed by atoms with Crippen molar-refractivity contribution in [3.8, 4) is 0 Å². The van der Waals surface area contributed by atoms with Gasteiger partial charge in [0.1, 0.15) is 30.5 Å². The zero-order valence-corrected chi connectivity index (χ0v) is 23.2. The molecule has 1 aromatic heterocycles. The lowest BCUT2D eigenvalue weighted by atomic mass is 9.77. The van der Waals surface area contributed by atoms with Crippen LogP contribution >= 0.6 is 0 Å². The van der Waals surface area contributed by atoms with Crippen LogP contribution < -0.4 is 5.32 Å². The minimum atomic E-state index is -1.66. The number of carbonyl (C=O) groups excluding carboxylic acids is 2. The van der Waals surface area contributed by atoms with Gasteiger partial charge in [-0.1, -0.05) is 24.3 Å². The van der Waals surface area contributed by atoms with Crippen LogP contribution in [-0.2, 0) is 39.7 Å². The highest BCUT2D eigenvalue weighted by molar-refractivity contribution is 5.89. The third kappa shape index (κ3) is 5.44. The minimum absolute atomic E-state index is 0.204. The van der Waals surface area contributed by atoms with Gasteiger partial charge in [-0.15, -0.1) is 6.58 Å². The Bertz CT molecular complexity index is 1340. The van der Waals surface area contributed by atoms with E-state index < -0.39 is 79.5 Å². The maximum absolute atomic E-state index is 12.9. The standard InChI is InChI=1S/C29H36N2O11/c1-4-13-15(9-19-22-16(10-20(30-19)27(37)39-3)14-7-5-6-8-18(14)31-22)17(26(36)38-2)12-40-28(13)42-29-25(35)24(34)23(33)21(11-32)41-29/h4-8,12-13,15,19-21,23-25,28-35H,1,9-11H2,2-3H3/t13-,15+,19+,20+,21-,23-,24+,25-,28+,29+/m1/s1. The number of para-hydroxylation sites is 1. The number of fused-ring (bicyclic) bond motifs is 3. The fraction of sp³-hybridized carbons (Fsp3) is 0.517. The van der Waals surface area contributed by atoms with Crippen molar-refractivity contribution in [1.82, 2.24) is 10.3 Å². The zero-order valence-electron chi connectivity index (χ0n) is 23.2. The Morgan fingerprint density at radius 2 is 1.86 bits per heavy atom. The smallest absolute Gasteiger partial charge is 0.337 e. The summed E-state index contributed by atoms with van der Waals surface area (Å²) in [5, 5.41) is 44.8. The van der Waals surface area contributed by atoms with Gasteiger partial charge in [0.25, 0.3) is 0 Å². The molecule has 13 nitrogen and oxygen atoms in total. The van der Waals surface area contributed by atoms with E-state index in [1.807, 2.05) is 24.3 Å². The average molecular weight is 589 g/mol. The van der Waals surface area contributed by atoms with Gasteiger partial charge in [-0.25, -0.2) is 4.79 Å². The third-order valence-corrected chi connectivity index (χ3v) is 8.30. The lowest BCUT2D eigenvalue weighted by Gasteiger charge is -2.43. The number of hydrogen-bond acceptors (Lipinski definition) is 12. The molecule has 6 N–H and O–H groups in total. The second kappa shape index (κ2) is 12.5. The molecule has 3 aliphatic heterocycles. The van der Waals surface area contributed by atoms with E-state index in [9.17, 15) is 30.0 Å². The van der Waals surface area contributed by atoms with Crippen LogP contribution in [0.25, 0.3) is 10.9 Å². The fourth-order valence-electron chi connectivity index (χ4n) is 6.09. The number of aliphatic hydroxyl groups is 4. The van der Waals surface area contributed by atoms with Gasteiger partial charge in [0, 0.05) is 40.9 Å². The molecular formula is C29H36N2O11. The van der Waals surface area contributed by atoms with Gasteiger partial charge in [-0.2, -0.15) is 0 Å². The molecule has 2 aromatic rings. The van der Waals surface area contributed by atoms with Crippen molar-refractivity contribution in [2.45, 2.75) is 61.9 Å². The topological polar surface area (TPSA) is 189 Å². The fourth-order valence-corrected chi connectivity index (χ4v) is 6.09. The Hall–Kier alpha value is -3.30. The highest BCUT2D eigenvalue weighted by atomic mass is 16.8. The van der Waals surface area contributed by atoms with Gasteiger partial charge in [0.05, 0.1) is 32.7 Å². The first-order valence-electron chi connectivity index (χ1n) is 13.7. The molecule has 10 atom stereocenters. The van der Waals surface area contributed by atoms with Crippen molar-refractivity contribution in [3.63, 3.8) is 0 Å². The number of rotatable bonds is 8. The molecule has 1 saturated heterocycles. The Morgan fingerprint density at radius 3 is 2.55 bits per heavy atom. The minimum Gasteiger partial charge on any atom is -0.471 e. The number of methoxy groups -OCH3 is 2. The molecule has 0 amide bonds. The molecule has 0 radical (unpaired) electrons. The van der Waals surface area contributed by atoms with Crippen LogP contribution in [0.3, 0.4) is 0 Å². The summed E-state index contributed by atoms with van der Waals surface area (Å²) in [6.45, 7) is 3.30. The molecule has 13 heteroatoms. The molecule has 5 rings (SSSR count). The van der Waals surface area contributed by atoms with Crippen molar-refractivity contribution < 1.29 is 53.7 Å². The lowest BCUT2D eigenvalue weighted by Crippen LogP contribution is -2.60. The summed E-state index contributed by atoms with van der Waals surface area (Å²) < 4.78 is 27.3. The SMILES string of the molecule is C=C[C@H]1[C@H](O[C@@H]2O[C@H](CO)[C@@H](O)[C@H](O)[C@H]2O)OC=C(C(=O)OC)[C@H]1C[C@@H]1N[C@H](C(=O)OC)Cc2c1[nH]c1ccccc21. The summed E-state index contributed by atoms with van der Waals surface area (Å²) >= 11 is 0. The zero-order chi connectivity index (χ0) is 30.1. The molecule has 0 saturated carbocycles. The van der Waals surface area contributed by atoms with Gasteiger partial charge in [-0.3, -0.25) is 10.1 Å². The van der Waals surface area contributed by atoms with Gasteiger partial charge in [0.2, 0.25) is 6.29 Å². The number of aliphatic hydroxyl groups excluding tert-OH is 4. The highest BCUT2D eigenvalue weighted by Gasteiger charge is 2.48. The quantitative estimate of drug-likeness (QED) is 0.178. The number of H-pyrrole nitrogens is 1. The van der Waals surface area contributed by atoms with Crippen molar-refractivity contribution in [2.24, 2.45) is 11.8 Å². The van der Waals surface area contributed by atoms with Gasteiger partial charge in [0.15, 0.2) is 6.29 Å². The van der Waals surface area contributed by atoms with E-state index in [4.69, 9.17) is 23.7 Å². The Kier molecular flexibility index (Phi) is 8.99. The lowest BCUT2D eigenvalue weighted by molar-refractivity contribution is -0.339.